The highest BCUT2D eigenvalue weighted by Gasteiger charge is 2.11. The molecule has 0 bridgehead atoms. The SMILES string of the molecule is Cc1cc(OCCCCn2c(Cl)nc3ccccc32)c(C)c(C)c1O. The molecule has 4 nitrogen and oxygen atoms in total. The maximum Gasteiger partial charge on any atom is 0.203 e. The minimum atomic E-state index is 0.353. The Hall–Kier alpha value is -2.20. The topological polar surface area (TPSA) is 47.3 Å². The lowest BCUT2D eigenvalue weighted by molar-refractivity contribution is 0.300. The van der Waals surface area contributed by atoms with Crippen molar-refractivity contribution in [1.29, 1.82) is 0 Å². The van der Waals surface area contributed by atoms with Gasteiger partial charge in [0.15, 0.2) is 0 Å². The van der Waals surface area contributed by atoms with Gasteiger partial charge >= 0.3 is 0 Å². The minimum Gasteiger partial charge on any atom is -0.507 e. The van der Waals surface area contributed by atoms with Gasteiger partial charge in [-0.3, -0.25) is 0 Å². The fourth-order valence-corrected chi connectivity index (χ4v) is 3.26. The van der Waals surface area contributed by atoms with Gasteiger partial charge in [-0.1, -0.05) is 12.1 Å². The van der Waals surface area contributed by atoms with Crippen molar-refractivity contribution in [2.45, 2.75) is 40.2 Å². The lowest BCUT2D eigenvalue weighted by atomic mass is 10.0. The second kappa shape index (κ2) is 7.36. The fraction of sp³-hybridized carbons (Fsp3) is 0.350. The first-order chi connectivity index (χ1) is 12.0. The van der Waals surface area contributed by atoms with E-state index in [1.807, 2.05) is 55.7 Å². The predicted octanol–water partition coefficient (Wildman–Crippen LogP) is 5.18. The zero-order valence-corrected chi connectivity index (χ0v) is 15.6. The third-order valence-electron chi connectivity index (χ3n) is 4.65. The summed E-state index contributed by atoms with van der Waals surface area (Å²) in [6.07, 6.45) is 1.87. The number of unbranched alkanes of at least 4 members (excludes halogenated alkanes) is 1. The van der Waals surface area contributed by atoms with E-state index in [0.29, 0.717) is 17.6 Å². The summed E-state index contributed by atoms with van der Waals surface area (Å²) in [5.41, 5.74) is 4.71. The standard InChI is InChI=1S/C20H23ClN2O2/c1-13-12-18(14(2)15(3)19(13)24)25-11-7-6-10-23-17-9-5-4-8-16(17)22-20(23)21/h4-5,8-9,12,24H,6-7,10-11H2,1-3H3. The Bertz CT molecular complexity index is 902. The molecule has 0 saturated carbocycles. The maximum absolute atomic E-state index is 9.96. The lowest BCUT2D eigenvalue weighted by Crippen LogP contribution is -2.04. The first-order valence-corrected chi connectivity index (χ1v) is 8.90. The van der Waals surface area contributed by atoms with E-state index in [0.717, 1.165) is 52.9 Å². The number of rotatable bonds is 6. The number of fused-ring (bicyclic) bond motifs is 1. The number of aryl methyl sites for hydroxylation is 2. The van der Waals surface area contributed by atoms with Gasteiger partial charge in [0.1, 0.15) is 11.5 Å². The number of para-hydroxylation sites is 2. The summed E-state index contributed by atoms with van der Waals surface area (Å²) in [7, 11) is 0. The van der Waals surface area contributed by atoms with E-state index in [-0.39, 0.29) is 0 Å². The molecule has 0 radical (unpaired) electrons. The van der Waals surface area contributed by atoms with Crippen molar-refractivity contribution in [3.63, 3.8) is 0 Å². The summed E-state index contributed by atoms with van der Waals surface area (Å²) in [6, 6.07) is 9.87. The molecule has 0 aliphatic carbocycles. The van der Waals surface area contributed by atoms with Gasteiger partial charge in [0.25, 0.3) is 0 Å². The van der Waals surface area contributed by atoms with Gasteiger partial charge in [-0.2, -0.15) is 0 Å². The monoisotopic (exact) mass is 358 g/mol. The van der Waals surface area contributed by atoms with Crippen molar-refractivity contribution in [2.24, 2.45) is 0 Å². The molecular weight excluding hydrogens is 336 g/mol. The largest absolute Gasteiger partial charge is 0.507 e. The van der Waals surface area contributed by atoms with E-state index in [9.17, 15) is 5.11 Å². The van der Waals surface area contributed by atoms with E-state index >= 15 is 0 Å². The third-order valence-corrected chi connectivity index (χ3v) is 4.94. The van der Waals surface area contributed by atoms with E-state index in [2.05, 4.69) is 4.98 Å². The second-order valence-electron chi connectivity index (χ2n) is 6.37. The van der Waals surface area contributed by atoms with Crippen LogP contribution in [0.1, 0.15) is 29.5 Å². The number of nitrogens with zero attached hydrogens (tertiary/aromatic N) is 2. The van der Waals surface area contributed by atoms with Crippen molar-refractivity contribution in [3.05, 3.63) is 52.3 Å². The van der Waals surface area contributed by atoms with Crippen LogP contribution in [-0.4, -0.2) is 21.3 Å². The molecule has 25 heavy (non-hydrogen) atoms. The Labute approximate surface area is 153 Å². The maximum atomic E-state index is 9.96. The van der Waals surface area contributed by atoms with E-state index < -0.39 is 0 Å². The lowest BCUT2D eigenvalue weighted by Gasteiger charge is -2.14. The Morgan fingerprint density at radius 2 is 1.88 bits per heavy atom. The van der Waals surface area contributed by atoms with Crippen LogP contribution in [0.15, 0.2) is 30.3 Å². The smallest absolute Gasteiger partial charge is 0.203 e. The first-order valence-electron chi connectivity index (χ1n) is 8.52. The van der Waals surface area contributed by atoms with Crippen LogP contribution < -0.4 is 4.74 Å². The summed E-state index contributed by atoms with van der Waals surface area (Å²) >= 11 is 6.24. The molecule has 0 atom stereocenters. The van der Waals surface area contributed by atoms with Gasteiger partial charge in [0, 0.05) is 6.54 Å². The average molecular weight is 359 g/mol. The van der Waals surface area contributed by atoms with Crippen LogP contribution in [-0.2, 0) is 6.54 Å². The molecular formula is C20H23ClN2O2. The van der Waals surface area contributed by atoms with Gasteiger partial charge < -0.3 is 14.4 Å². The molecule has 3 rings (SSSR count). The normalized spacial score (nSPS) is 11.2. The van der Waals surface area contributed by atoms with Crippen LogP contribution in [0.2, 0.25) is 5.28 Å². The van der Waals surface area contributed by atoms with Gasteiger partial charge in [-0.25, -0.2) is 4.98 Å². The summed E-state index contributed by atoms with van der Waals surface area (Å²) in [5, 5.41) is 10.5. The molecule has 0 unspecified atom stereocenters. The molecule has 132 valence electrons. The Morgan fingerprint density at radius 3 is 2.68 bits per heavy atom. The number of imidazole rings is 1. The van der Waals surface area contributed by atoms with E-state index in [1.54, 1.807) is 0 Å². The molecule has 0 fully saturated rings. The number of hydrogen-bond donors (Lipinski definition) is 1. The highest BCUT2D eigenvalue weighted by molar-refractivity contribution is 6.29. The number of aromatic hydroxyl groups is 1. The fourth-order valence-electron chi connectivity index (χ4n) is 2.99. The molecule has 0 aliphatic heterocycles. The van der Waals surface area contributed by atoms with Crippen LogP contribution in [0, 0.1) is 20.8 Å². The molecule has 0 spiro atoms. The predicted molar refractivity (Wildman–Crippen MR) is 102 cm³/mol. The molecule has 1 heterocycles. The summed E-state index contributed by atoms with van der Waals surface area (Å²) < 4.78 is 7.96. The van der Waals surface area contributed by atoms with Gasteiger partial charge in [0.2, 0.25) is 5.28 Å². The number of phenols is 1. The number of hydrogen-bond acceptors (Lipinski definition) is 3. The average Bonchev–Trinajstić information content (AvgIpc) is 2.92. The van der Waals surface area contributed by atoms with Crippen molar-refractivity contribution >= 4 is 22.6 Å². The Morgan fingerprint density at radius 1 is 1.12 bits per heavy atom. The first kappa shape index (κ1) is 17.6. The van der Waals surface area contributed by atoms with E-state index in [1.165, 1.54) is 0 Å². The van der Waals surface area contributed by atoms with Gasteiger partial charge in [-0.05, 0) is 80.1 Å². The number of ether oxygens (including phenoxy) is 1. The Kier molecular flexibility index (Phi) is 5.19. The van der Waals surface area contributed by atoms with Crippen LogP contribution in [0.25, 0.3) is 11.0 Å². The third kappa shape index (κ3) is 3.59. The molecule has 0 saturated heterocycles. The number of halogens is 1. The quantitative estimate of drug-likeness (QED) is 0.617. The van der Waals surface area contributed by atoms with Gasteiger partial charge in [0.05, 0.1) is 17.6 Å². The van der Waals surface area contributed by atoms with Crippen LogP contribution in [0.5, 0.6) is 11.5 Å². The molecule has 0 amide bonds. The highest BCUT2D eigenvalue weighted by Crippen LogP contribution is 2.32. The highest BCUT2D eigenvalue weighted by atomic mass is 35.5. The molecule has 5 heteroatoms. The van der Waals surface area contributed by atoms with Gasteiger partial charge in [-0.15, -0.1) is 0 Å². The molecule has 3 aromatic rings. The van der Waals surface area contributed by atoms with Crippen molar-refractivity contribution in [2.75, 3.05) is 6.61 Å². The zero-order valence-electron chi connectivity index (χ0n) is 14.8. The van der Waals surface area contributed by atoms with Crippen molar-refractivity contribution < 1.29 is 9.84 Å². The molecule has 1 N–H and O–H groups in total. The van der Waals surface area contributed by atoms with Crippen LogP contribution in [0.3, 0.4) is 0 Å². The van der Waals surface area contributed by atoms with Crippen LogP contribution in [0.4, 0.5) is 0 Å². The van der Waals surface area contributed by atoms with Crippen LogP contribution >= 0.6 is 11.6 Å². The molecule has 2 aromatic carbocycles. The summed E-state index contributed by atoms with van der Waals surface area (Å²) in [5.74, 6) is 1.20. The summed E-state index contributed by atoms with van der Waals surface area (Å²) in [6.45, 7) is 7.22. The van der Waals surface area contributed by atoms with Crippen molar-refractivity contribution in [3.8, 4) is 11.5 Å². The van der Waals surface area contributed by atoms with Crippen molar-refractivity contribution in [1.82, 2.24) is 9.55 Å². The number of aromatic nitrogens is 2. The Balaban J connectivity index is 1.57. The molecule has 0 aliphatic rings. The zero-order chi connectivity index (χ0) is 18.0. The second-order valence-corrected chi connectivity index (χ2v) is 6.71. The summed E-state index contributed by atoms with van der Waals surface area (Å²) in [4.78, 5) is 4.37. The van der Waals surface area contributed by atoms with E-state index in [4.69, 9.17) is 16.3 Å². The molecule has 1 aromatic heterocycles. The minimum absolute atomic E-state index is 0.353. The number of phenolic OH excluding ortho intramolecular Hbond substituents is 1. The number of benzene rings is 2.